The summed E-state index contributed by atoms with van der Waals surface area (Å²) in [6.45, 7) is 0.539. The monoisotopic (exact) mass is 168 g/mol. The highest BCUT2D eigenvalue weighted by molar-refractivity contribution is 7.79. The number of hydrogen-bond acceptors (Lipinski definition) is 3. The van der Waals surface area contributed by atoms with Gasteiger partial charge in [-0.15, -0.1) is 0 Å². The highest BCUT2D eigenvalue weighted by Gasteiger charge is 1.96. The van der Waals surface area contributed by atoms with Crippen LogP contribution in [-0.4, -0.2) is 0 Å². The highest BCUT2D eigenvalue weighted by Crippen LogP contribution is 2.15. The van der Waals surface area contributed by atoms with E-state index in [4.69, 9.17) is 11.5 Å². The van der Waals surface area contributed by atoms with Crippen LogP contribution in [0.2, 0.25) is 0 Å². The Morgan fingerprint density at radius 2 is 2.09 bits per heavy atom. The zero-order chi connectivity index (χ0) is 8.27. The number of nitrogens with two attached hydrogens (primary N) is 2. The fraction of sp³-hybridized carbons (Fsp3) is 0.250. The zero-order valence-electron chi connectivity index (χ0n) is 6.25. The Labute approximate surface area is 72.0 Å². The molecule has 0 aromatic heterocycles. The summed E-state index contributed by atoms with van der Waals surface area (Å²) in [5, 5.41) is 0. The molecule has 60 valence electrons. The first kappa shape index (κ1) is 8.43. The Bertz CT molecular complexity index is 248. The van der Waals surface area contributed by atoms with E-state index in [9.17, 15) is 0 Å². The van der Waals surface area contributed by atoms with Crippen LogP contribution in [0.5, 0.6) is 0 Å². The van der Waals surface area contributed by atoms with Gasteiger partial charge < -0.3 is 11.5 Å². The lowest BCUT2D eigenvalue weighted by atomic mass is 10.1. The van der Waals surface area contributed by atoms with Crippen LogP contribution in [0.15, 0.2) is 18.2 Å². The number of hydrogen-bond donors (Lipinski definition) is 3. The van der Waals surface area contributed by atoms with Crippen molar-refractivity contribution >= 4 is 18.3 Å². The molecule has 0 aliphatic carbocycles. The third-order valence-corrected chi connectivity index (χ3v) is 1.96. The molecule has 0 bridgehead atoms. The van der Waals surface area contributed by atoms with Crippen LogP contribution in [0, 0.1) is 0 Å². The second kappa shape index (κ2) is 3.64. The second-order valence-electron chi connectivity index (χ2n) is 2.40. The van der Waals surface area contributed by atoms with Gasteiger partial charge >= 0.3 is 0 Å². The Hall–Kier alpha value is -0.670. The Morgan fingerprint density at radius 3 is 2.55 bits per heavy atom. The van der Waals surface area contributed by atoms with Crippen molar-refractivity contribution in [3.8, 4) is 0 Å². The first-order chi connectivity index (χ1) is 5.27. The van der Waals surface area contributed by atoms with E-state index in [-0.39, 0.29) is 0 Å². The minimum atomic E-state index is 0.539. The maximum absolute atomic E-state index is 5.70. The molecule has 0 atom stereocenters. The van der Waals surface area contributed by atoms with Crippen molar-refractivity contribution in [3.05, 3.63) is 29.3 Å². The summed E-state index contributed by atoms with van der Waals surface area (Å²) in [5.74, 6) is 0.677. The third-order valence-electron chi connectivity index (χ3n) is 1.62. The summed E-state index contributed by atoms with van der Waals surface area (Å²) >= 11 is 4.13. The van der Waals surface area contributed by atoms with Crippen molar-refractivity contribution in [2.75, 3.05) is 5.73 Å². The van der Waals surface area contributed by atoms with Crippen LogP contribution in [0.3, 0.4) is 0 Å². The lowest BCUT2D eigenvalue weighted by molar-refractivity contribution is 1.07. The van der Waals surface area contributed by atoms with E-state index in [0.717, 1.165) is 16.8 Å². The lowest BCUT2D eigenvalue weighted by Crippen LogP contribution is -1.99. The molecule has 0 saturated carbocycles. The van der Waals surface area contributed by atoms with Gasteiger partial charge in [0, 0.05) is 18.0 Å². The molecule has 0 saturated heterocycles. The second-order valence-corrected chi connectivity index (χ2v) is 2.71. The molecule has 1 aromatic carbocycles. The van der Waals surface area contributed by atoms with E-state index in [2.05, 4.69) is 12.6 Å². The molecular weight excluding hydrogens is 156 g/mol. The van der Waals surface area contributed by atoms with Gasteiger partial charge in [-0.2, -0.15) is 12.6 Å². The topological polar surface area (TPSA) is 52.0 Å². The normalized spacial score (nSPS) is 10.0. The first-order valence-electron chi connectivity index (χ1n) is 3.46. The quantitative estimate of drug-likeness (QED) is 0.458. The average Bonchev–Trinajstić information content (AvgIpc) is 2.04. The SMILES string of the molecule is NCc1ccc(CS)c(N)c1. The standard InChI is InChI=1S/C8H12N2S/c9-4-6-1-2-7(5-11)8(10)3-6/h1-3,11H,4-5,9-10H2. The minimum absolute atomic E-state index is 0.539. The summed E-state index contributed by atoms with van der Waals surface area (Å²) in [6, 6.07) is 5.83. The summed E-state index contributed by atoms with van der Waals surface area (Å²) in [5.41, 5.74) is 14.0. The van der Waals surface area contributed by atoms with Gasteiger partial charge in [-0.1, -0.05) is 12.1 Å². The molecule has 1 rings (SSSR count). The predicted molar refractivity (Wildman–Crippen MR) is 51.4 cm³/mol. The first-order valence-corrected chi connectivity index (χ1v) is 4.09. The number of nitrogen functional groups attached to an aromatic ring is 1. The van der Waals surface area contributed by atoms with E-state index in [0.29, 0.717) is 12.3 Å². The molecule has 0 heterocycles. The van der Waals surface area contributed by atoms with Crippen LogP contribution in [0.4, 0.5) is 5.69 Å². The molecule has 0 fully saturated rings. The number of thiol groups is 1. The Morgan fingerprint density at radius 1 is 1.36 bits per heavy atom. The van der Waals surface area contributed by atoms with E-state index in [1.165, 1.54) is 0 Å². The van der Waals surface area contributed by atoms with Crippen LogP contribution in [0.25, 0.3) is 0 Å². The molecule has 11 heavy (non-hydrogen) atoms. The number of anilines is 1. The molecule has 0 aliphatic heterocycles. The van der Waals surface area contributed by atoms with Crippen molar-refractivity contribution in [1.29, 1.82) is 0 Å². The maximum atomic E-state index is 5.70. The van der Waals surface area contributed by atoms with Crippen molar-refractivity contribution in [3.63, 3.8) is 0 Å². The Kier molecular flexibility index (Phi) is 2.79. The van der Waals surface area contributed by atoms with Gasteiger partial charge in [-0.3, -0.25) is 0 Å². The fourth-order valence-electron chi connectivity index (χ4n) is 0.915. The van der Waals surface area contributed by atoms with Crippen molar-refractivity contribution in [2.45, 2.75) is 12.3 Å². The summed E-state index contributed by atoms with van der Waals surface area (Å²) < 4.78 is 0. The van der Waals surface area contributed by atoms with Gasteiger partial charge in [0.1, 0.15) is 0 Å². The van der Waals surface area contributed by atoms with Crippen molar-refractivity contribution in [1.82, 2.24) is 0 Å². The average molecular weight is 168 g/mol. The highest BCUT2D eigenvalue weighted by atomic mass is 32.1. The van der Waals surface area contributed by atoms with Crippen molar-refractivity contribution < 1.29 is 0 Å². The fourth-order valence-corrected chi connectivity index (χ4v) is 1.20. The van der Waals surface area contributed by atoms with Crippen LogP contribution < -0.4 is 11.5 Å². The minimum Gasteiger partial charge on any atom is -0.398 e. The van der Waals surface area contributed by atoms with Crippen LogP contribution >= 0.6 is 12.6 Å². The molecule has 0 radical (unpaired) electrons. The van der Waals surface area contributed by atoms with Crippen LogP contribution in [0.1, 0.15) is 11.1 Å². The van der Waals surface area contributed by atoms with E-state index < -0.39 is 0 Å². The van der Waals surface area contributed by atoms with Gasteiger partial charge in [-0.05, 0) is 17.2 Å². The number of benzene rings is 1. The van der Waals surface area contributed by atoms with Gasteiger partial charge in [0.05, 0.1) is 0 Å². The maximum Gasteiger partial charge on any atom is 0.0358 e. The lowest BCUT2D eigenvalue weighted by Gasteiger charge is -2.03. The molecule has 2 nitrogen and oxygen atoms in total. The van der Waals surface area contributed by atoms with Gasteiger partial charge in [0.2, 0.25) is 0 Å². The summed E-state index contributed by atoms with van der Waals surface area (Å²) in [7, 11) is 0. The summed E-state index contributed by atoms with van der Waals surface area (Å²) in [6.07, 6.45) is 0. The zero-order valence-corrected chi connectivity index (χ0v) is 7.14. The number of rotatable bonds is 2. The third kappa shape index (κ3) is 1.88. The van der Waals surface area contributed by atoms with Gasteiger partial charge in [0.25, 0.3) is 0 Å². The molecule has 1 aromatic rings. The van der Waals surface area contributed by atoms with E-state index in [1.54, 1.807) is 0 Å². The largest absolute Gasteiger partial charge is 0.398 e. The van der Waals surface area contributed by atoms with Crippen molar-refractivity contribution in [2.24, 2.45) is 5.73 Å². The molecule has 3 heteroatoms. The predicted octanol–water partition coefficient (Wildman–Crippen LogP) is 1.16. The molecular formula is C8H12N2S. The van der Waals surface area contributed by atoms with Crippen LogP contribution in [-0.2, 0) is 12.3 Å². The molecule has 0 unspecified atom stereocenters. The van der Waals surface area contributed by atoms with Gasteiger partial charge in [-0.25, -0.2) is 0 Å². The molecule has 4 N–H and O–H groups in total. The molecule has 0 aliphatic rings. The molecule has 0 spiro atoms. The van der Waals surface area contributed by atoms with E-state index >= 15 is 0 Å². The molecule has 0 amide bonds. The smallest absolute Gasteiger partial charge is 0.0358 e. The van der Waals surface area contributed by atoms with Gasteiger partial charge in [0.15, 0.2) is 0 Å². The van der Waals surface area contributed by atoms with E-state index in [1.807, 2.05) is 18.2 Å². The Balaban J connectivity index is 2.99. The summed E-state index contributed by atoms with van der Waals surface area (Å²) in [4.78, 5) is 0.